The van der Waals surface area contributed by atoms with Crippen LogP contribution >= 0.6 is 0 Å². The maximum Gasteiger partial charge on any atom is 0.227 e. The number of nitrogens with zero attached hydrogens (tertiary/aromatic N) is 4. The summed E-state index contributed by atoms with van der Waals surface area (Å²) >= 11 is 0. The summed E-state index contributed by atoms with van der Waals surface area (Å²) in [7, 11) is 0. The fourth-order valence-electron chi connectivity index (χ4n) is 4.01. The molecule has 3 fully saturated rings. The largest absolute Gasteiger partial charge is 0.309 e. The van der Waals surface area contributed by atoms with Crippen molar-refractivity contribution in [1.29, 1.82) is 0 Å². The van der Waals surface area contributed by atoms with Crippen LogP contribution in [0.4, 0.5) is 5.69 Å². The number of likely N-dealkylation sites (tertiary alicyclic amines) is 1. The summed E-state index contributed by atoms with van der Waals surface area (Å²) in [5, 5.41) is 4.48. The Kier molecular flexibility index (Phi) is 3.45. The van der Waals surface area contributed by atoms with Crippen LogP contribution in [-0.2, 0) is 4.79 Å². The molecule has 0 unspecified atom stereocenters. The van der Waals surface area contributed by atoms with E-state index in [1.807, 2.05) is 11.1 Å². The van der Waals surface area contributed by atoms with Gasteiger partial charge in [-0.3, -0.25) is 14.4 Å². The summed E-state index contributed by atoms with van der Waals surface area (Å²) in [6.07, 6.45) is 11.3. The number of aromatic nitrogens is 2. The summed E-state index contributed by atoms with van der Waals surface area (Å²) in [5.74, 6) is 1.17. The highest BCUT2D eigenvalue weighted by molar-refractivity contribution is 5.95. The summed E-state index contributed by atoms with van der Waals surface area (Å²) in [5.41, 5.74) is 0.978. The molecule has 5 heteroatoms. The van der Waals surface area contributed by atoms with Gasteiger partial charge in [-0.2, -0.15) is 5.10 Å². The summed E-state index contributed by atoms with van der Waals surface area (Å²) in [6, 6.07) is 0.498. The second-order valence-electron chi connectivity index (χ2n) is 6.85. The first-order valence-electron chi connectivity index (χ1n) is 8.36. The van der Waals surface area contributed by atoms with Gasteiger partial charge in [-0.15, -0.1) is 0 Å². The molecular formula is C16H24N4O. The molecule has 5 nitrogen and oxygen atoms in total. The van der Waals surface area contributed by atoms with Crippen LogP contribution in [-0.4, -0.2) is 46.8 Å². The molecule has 1 amide bonds. The van der Waals surface area contributed by atoms with Crippen molar-refractivity contribution < 1.29 is 4.79 Å². The van der Waals surface area contributed by atoms with Crippen molar-refractivity contribution in [1.82, 2.24) is 14.7 Å². The van der Waals surface area contributed by atoms with E-state index < -0.39 is 0 Å². The van der Waals surface area contributed by atoms with Gasteiger partial charge in [-0.1, -0.05) is 12.8 Å². The molecular weight excluding hydrogens is 264 g/mol. The molecule has 3 aliphatic rings. The first kappa shape index (κ1) is 13.3. The second kappa shape index (κ2) is 5.44. The van der Waals surface area contributed by atoms with Crippen molar-refractivity contribution >= 4 is 11.6 Å². The Morgan fingerprint density at radius 2 is 2.00 bits per heavy atom. The van der Waals surface area contributed by atoms with Gasteiger partial charge in [0.2, 0.25) is 5.91 Å². The lowest BCUT2D eigenvalue weighted by Gasteiger charge is -2.40. The van der Waals surface area contributed by atoms with E-state index in [0.29, 0.717) is 12.5 Å². The van der Waals surface area contributed by atoms with Gasteiger partial charge in [0.1, 0.15) is 0 Å². The van der Waals surface area contributed by atoms with Gasteiger partial charge < -0.3 is 4.90 Å². The number of carbonyl (C=O) groups excluding carboxylic acids is 1. The Morgan fingerprint density at radius 3 is 2.71 bits per heavy atom. The molecule has 0 N–H and O–H groups in total. The Morgan fingerprint density at radius 1 is 1.19 bits per heavy atom. The van der Waals surface area contributed by atoms with Crippen LogP contribution in [0.5, 0.6) is 0 Å². The smallest absolute Gasteiger partial charge is 0.227 e. The Bertz CT molecular complexity index is 514. The van der Waals surface area contributed by atoms with Gasteiger partial charge in [0.05, 0.1) is 17.9 Å². The van der Waals surface area contributed by atoms with Crippen molar-refractivity contribution in [3.05, 3.63) is 12.4 Å². The second-order valence-corrected chi connectivity index (χ2v) is 6.85. The van der Waals surface area contributed by atoms with Gasteiger partial charge in [-0.05, 0) is 25.2 Å². The lowest BCUT2D eigenvalue weighted by Crippen LogP contribution is -2.49. The minimum Gasteiger partial charge on any atom is -0.309 e. The Labute approximate surface area is 125 Å². The average Bonchev–Trinajstić information content (AvgIpc) is 3.14. The molecule has 4 rings (SSSR count). The van der Waals surface area contributed by atoms with Crippen LogP contribution in [0.3, 0.4) is 0 Å². The van der Waals surface area contributed by atoms with E-state index in [0.717, 1.165) is 37.7 Å². The van der Waals surface area contributed by atoms with E-state index in [1.165, 1.54) is 32.2 Å². The van der Waals surface area contributed by atoms with Gasteiger partial charge in [0, 0.05) is 38.8 Å². The van der Waals surface area contributed by atoms with Crippen LogP contribution in [0.15, 0.2) is 12.4 Å². The van der Waals surface area contributed by atoms with E-state index >= 15 is 0 Å². The third kappa shape index (κ3) is 2.59. The number of hydrogen-bond donors (Lipinski definition) is 0. The number of anilines is 1. The highest BCUT2D eigenvalue weighted by Crippen LogP contribution is 2.30. The molecule has 114 valence electrons. The van der Waals surface area contributed by atoms with Gasteiger partial charge >= 0.3 is 0 Å². The quantitative estimate of drug-likeness (QED) is 0.851. The van der Waals surface area contributed by atoms with E-state index in [-0.39, 0.29) is 5.91 Å². The summed E-state index contributed by atoms with van der Waals surface area (Å²) in [6.45, 7) is 4.36. The number of amides is 1. The molecule has 0 radical (unpaired) electrons. The zero-order valence-corrected chi connectivity index (χ0v) is 12.6. The Balaban J connectivity index is 1.32. The van der Waals surface area contributed by atoms with E-state index in [1.54, 1.807) is 0 Å². The minimum absolute atomic E-state index is 0.242. The van der Waals surface area contributed by atoms with E-state index in [2.05, 4.69) is 20.9 Å². The molecule has 0 aromatic carbocycles. The molecule has 3 heterocycles. The molecule has 2 saturated heterocycles. The van der Waals surface area contributed by atoms with Crippen molar-refractivity contribution in [3.63, 3.8) is 0 Å². The molecule has 21 heavy (non-hydrogen) atoms. The maximum atomic E-state index is 11.8. The molecule has 0 spiro atoms. The molecule has 0 atom stereocenters. The van der Waals surface area contributed by atoms with Crippen molar-refractivity contribution in [3.8, 4) is 0 Å². The average molecular weight is 288 g/mol. The van der Waals surface area contributed by atoms with Gasteiger partial charge in [0.25, 0.3) is 0 Å². The Hall–Kier alpha value is -1.36. The molecule has 1 saturated carbocycles. The van der Waals surface area contributed by atoms with E-state index in [9.17, 15) is 4.79 Å². The van der Waals surface area contributed by atoms with Crippen LogP contribution in [0.1, 0.15) is 44.6 Å². The molecule has 1 aliphatic carbocycles. The van der Waals surface area contributed by atoms with Crippen LogP contribution in [0, 0.1) is 5.92 Å². The molecule has 1 aromatic rings. The predicted octanol–water partition coefficient (Wildman–Crippen LogP) is 2.06. The lowest BCUT2D eigenvalue weighted by atomic mass is 10.0. The zero-order valence-electron chi connectivity index (χ0n) is 12.6. The van der Waals surface area contributed by atoms with Crippen LogP contribution in [0.25, 0.3) is 0 Å². The van der Waals surface area contributed by atoms with Crippen molar-refractivity contribution in [2.75, 3.05) is 31.1 Å². The fourth-order valence-corrected chi connectivity index (χ4v) is 4.01. The first-order valence-corrected chi connectivity index (χ1v) is 8.36. The number of carbonyl (C=O) groups is 1. The van der Waals surface area contributed by atoms with Gasteiger partial charge in [0.15, 0.2) is 0 Å². The maximum absolute atomic E-state index is 11.8. The fraction of sp³-hybridized carbons (Fsp3) is 0.750. The number of hydrogen-bond acceptors (Lipinski definition) is 3. The lowest BCUT2D eigenvalue weighted by molar-refractivity contribution is -0.117. The SMILES string of the molecule is O=C1CCCN1c1cnn(C2CN(CC3CCCC3)C2)c1. The predicted molar refractivity (Wildman–Crippen MR) is 81.2 cm³/mol. The zero-order chi connectivity index (χ0) is 14.2. The summed E-state index contributed by atoms with van der Waals surface area (Å²) in [4.78, 5) is 16.2. The summed E-state index contributed by atoms with van der Waals surface area (Å²) < 4.78 is 2.06. The molecule has 0 bridgehead atoms. The third-order valence-corrected chi connectivity index (χ3v) is 5.28. The minimum atomic E-state index is 0.242. The molecule has 1 aromatic heterocycles. The molecule has 2 aliphatic heterocycles. The highest BCUT2D eigenvalue weighted by atomic mass is 16.2. The van der Waals surface area contributed by atoms with Crippen molar-refractivity contribution in [2.45, 2.75) is 44.6 Å². The third-order valence-electron chi connectivity index (χ3n) is 5.28. The monoisotopic (exact) mass is 288 g/mol. The normalized spacial score (nSPS) is 25.0. The van der Waals surface area contributed by atoms with Crippen LogP contribution in [0.2, 0.25) is 0 Å². The number of rotatable bonds is 4. The van der Waals surface area contributed by atoms with Crippen LogP contribution < -0.4 is 4.90 Å². The van der Waals surface area contributed by atoms with Gasteiger partial charge in [-0.25, -0.2) is 0 Å². The highest BCUT2D eigenvalue weighted by Gasteiger charge is 2.32. The first-order chi connectivity index (χ1) is 10.3. The standard InChI is InChI=1S/C16H24N4O/c21-16-6-3-7-19(16)14-8-17-20(12-14)15-10-18(11-15)9-13-4-1-2-5-13/h8,12-13,15H,1-7,9-11H2. The van der Waals surface area contributed by atoms with E-state index in [4.69, 9.17) is 0 Å². The topological polar surface area (TPSA) is 41.4 Å². The van der Waals surface area contributed by atoms with Crippen molar-refractivity contribution in [2.24, 2.45) is 5.92 Å².